The third-order valence-corrected chi connectivity index (χ3v) is 5.10. The molecular weight excluding hydrogens is 366 g/mol. The van der Waals surface area contributed by atoms with Crippen molar-refractivity contribution in [3.05, 3.63) is 66.6 Å². The third kappa shape index (κ3) is 5.20. The predicted octanol–water partition coefficient (Wildman–Crippen LogP) is 3.91. The summed E-state index contributed by atoms with van der Waals surface area (Å²) in [6.45, 7) is 2.13. The van der Waals surface area contributed by atoms with Gasteiger partial charge in [-0.1, -0.05) is 42.8 Å². The van der Waals surface area contributed by atoms with E-state index in [1.165, 1.54) is 0 Å². The van der Waals surface area contributed by atoms with E-state index < -0.39 is 0 Å². The van der Waals surface area contributed by atoms with Gasteiger partial charge in [-0.3, -0.25) is 4.90 Å². The third-order valence-electron chi connectivity index (χ3n) is 5.10. The number of para-hydroxylation sites is 1. The molecule has 2 N–H and O–H groups in total. The van der Waals surface area contributed by atoms with Crippen LogP contribution < -0.4 is 10.6 Å². The number of likely N-dealkylation sites (tertiary alicyclic amines) is 1. The van der Waals surface area contributed by atoms with Crippen LogP contribution in [0.2, 0.25) is 0 Å². The lowest BCUT2D eigenvalue weighted by molar-refractivity contribution is 0.127. The second-order valence-electron chi connectivity index (χ2n) is 7.19. The molecule has 4 rings (SSSR count). The molecule has 2 heterocycles. The number of piperidine rings is 1. The number of urea groups is 1. The maximum atomic E-state index is 12.2. The fourth-order valence-corrected chi connectivity index (χ4v) is 3.60. The highest BCUT2D eigenvalue weighted by Gasteiger charge is 2.25. The van der Waals surface area contributed by atoms with Crippen LogP contribution in [-0.2, 0) is 6.54 Å². The summed E-state index contributed by atoms with van der Waals surface area (Å²) < 4.78 is 5.86. The number of aromatic nitrogens is 2. The van der Waals surface area contributed by atoms with Gasteiger partial charge < -0.3 is 15.1 Å². The molecule has 0 bridgehead atoms. The number of hydrogen-bond donors (Lipinski definition) is 2. The molecule has 1 fully saturated rings. The SMILES string of the molecule is O=C(NCC1CCCCN1Cc1nnc(-c2ccccc2)o1)Nc1ccccc1. The average Bonchev–Trinajstić information content (AvgIpc) is 3.23. The first-order valence-electron chi connectivity index (χ1n) is 10.00. The largest absolute Gasteiger partial charge is 0.419 e. The molecule has 1 atom stereocenters. The van der Waals surface area contributed by atoms with Gasteiger partial charge in [-0.2, -0.15) is 0 Å². The van der Waals surface area contributed by atoms with E-state index in [1.54, 1.807) is 0 Å². The molecule has 1 aromatic heterocycles. The van der Waals surface area contributed by atoms with Crippen molar-refractivity contribution < 1.29 is 9.21 Å². The molecule has 2 aromatic carbocycles. The van der Waals surface area contributed by atoms with Crippen LogP contribution >= 0.6 is 0 Å². The molecule has 1 aliphatic rings. The zero-order chi connectivity index (χ0) is 19.9. The highest BCUT2D eigenvalue weighted by atomic mass is 16.4. The summed E-state index contributed by atoms with van der Waals surface area (Å²) in [6.07, 6.45) is 3.32. The molecule has 7 heteroatoms. The summed E-state index contributed by atoms with van der Waals surface area (Å²) in [5.41, 5.74) is 1.70. The summed E-state index contributed by atoms with van der Waals surface area (Å²) in [5.74, 6) is 1.14. The molecule has 1 aliphatic heterocycles. The van der Waals surface area contributed by atoms with Crippen LogP contribution in [-0.4, -0.2) is 40.3 Å². The van der Waals surface area contributed by atoms with Gasteiger partial charge in [0.05, 0.1) is 6.54 Å². The van der Waals surface area contributed by atoms with E-state index in [9.17, 15) is 4.79 Å². The standard InChI is InChI=1S/C22H25N5O2/c28-22(24-18-11-5-2-6-12-18)23-15-19-13-7-8-14-27(19)16-20-25-26-21(29-20)17-9-3-1-4-10-17/h1-6,9-12,19H,7-8,13-16H2,(H2,23,24,28). The molecule has 29 heavy (non-hydrogen) atoms. The zero-order valence-corrected chi connectivity index (χ0v) is 16.3. The van der Waals surface area contributed by atoms with Gasteiger partial charge in [0.2, 0.25) is 11.8 Å². The molecule has 0 radical (unpaired) electrons. The molecular formula is C22H25N5O2. The van der Waals surface area contributed by atoms with E-state index in [0.29, 0.717) is 24.9 Å². The quantitative estimate of drug-likeness (QED) is 0.666. The molecule has 2 amide bonds. The van der Waals surface area contributed by atoms with E-state index in [2.05, 4.69) is 25.7 Å². The Labute approximate surface area is 170 Å². The number of amides is 2. The van der Waals surface area contributed by atoms with Crippen molar-refractivity contribution in [3.63, 3.8) is 0 Å². The molecule has 150 valence electrons. The van der Waals surface area contributed by atoms with E-state index in [4.69, 9.17) is 4.42 Å². The van der Waals surface area contributed by atoms with Crippen molar-refractivity contribution in [1.82, 2.24) is 20.4 Å². The van der Waals surface area contributed by atoms with Crippen molar-refractivity contribution in [3.8, 4) is 11.5 Å². The minimum atomic E-state index is -0.189. The Kier molecular flexibility index (Phi) is 6.16. The summed E-state index contributed by atoms with van der Waals surface area (Å²) in [5, 5.41) is 14.2. The van der Waals surface area contributed by atoms with E-state index in [1.807, 2.05) is 60.7 Å². The topological polar surface area (TPSA) is 83.3 Å². The van der Waals surface area contributed by atoms with Crippen molar-refractivity contribution in [2.45, 2.75) is 31.8 Å². The number of rotatable bonds is 6. The summed E-state index contributed by atoms with van der Waals surface area (Å²) in [6, 6.07) is 19.3. The molecule has 1 saturated heterocycles. The van der Waals surface area contributed by atoms with Crippen LogP contribution in [0, 0.1) is 0 Å². The Balaban J connectivity index is 1.33. The Morgan fingerprint density at radius 2 is 1.79 bits per heavy atom. The number of nitrogens with zero attached hydrogens (tertiary/aromatic N) is 3. The Hall–Kier alpha value is -3.19. The highest BCUT2D eigenvalue weighted by Crippen LogP contribution is 2.21. The second-order valence-corrected chi connectivity index (χ2v) is 7.19. The molecule has 0 saturated carbocycles. The summed E-state index contributed by atoms with van der Waals surface area (Å²) in [4.78, 5) is 14.5. The fraction of sp³-hybridized carbons (Fsp3) is 0.318. The summed E-state index contributed by atoms with van der Waals surface area (Å²) in [7, 11) is 0. The van der Waals surface area contributed by atoms with Crippen molar-refractivity contribution in [2.75, 3.05) is 18.4 Å². The van der Waals surface area contributed by atoms with Crippen LogP contribution in [0.5, 0.6) is 0 Å². The van der Waals surface area contributed by atoms with Gasteiger partial charge in [0.25, 0.3) is 0 Å². The van der Waals surface area contributed by atoms with Crippen molar-refractivity contribution >= 4 is 11.7 Å². The van der Waals surface area contributed by atoms with Gasteiger partial charge in [0.1, 0.15) is 0 Å². The maximum Gasteiger partial charge on any atom is 0.319 e. The Bertz CT molecular complexity index is 913. The molecule has 0 aliphatic carbocycles. The lowest BCUT2D eigenvalue weighted by Crippen LogP contribution is -2.47. The summed E-state index contributed by atoms with van der Waals surface area (Å²) >= 11 is 0. The Morgan fingerprint density at radius 3 is 2.59 bits per heavy atom. The van der Waals surface area contributed by atoms with E-state index >= 15 is 0 Å². The first kappa shape index (κ1) is 19.1. The maximum absolute atomic E-state index is 12.2. The normalized spacial score (nSPS) is 17.0. The number of anilines is 1. The molecule has 1 unspecified atom stereocenters. The van der Waals surface area contributed by atoms with Crippen LogP contribution in [0.4, 0.5) is 10.5 Å². The van der Waals surface area contributed by atoms with Crippen LogP contribution in [0.1, 0.15) is 25.2 Å². The fourth-order valence-electron chi connectivity index (χ4n) is 3.60. The van der Waals surface area contributed by atoms with Crippen LogP contribution in [0.25, 0.3) is 11.5 Å². The molecule has 7 nitrogen and oxygen atoms in total. The number of carbonyl (C=O) groups is 1. The minimum absolute atomic E-state index is 0.189. The second kappa shape index (κ2) is 9.34. The van der Waals surface area contributed by atoms with Gasteiger partial charge in [0.15, 0.2) is 0 Å². The van der Waals surface area contributed by atoms with Gasteiger partial charge in [0, 0.05) is 23.8 Å². The Morgan fingerprint density at radius 1 is 1.03 bits per heavy atom. The monoisotopic (exact) mass is 391 g/mol. The van der Waals surface area contributed by atoms with Gasteiger partial charge in [-0.05, 0) is 43.7 Å². The molecule has 0 spiro atoms. The number of carbonyl (C=O) groups excluding carboxylic acids is 1. The minimum Gasteiger partial charge on any atom is -0.419 e. The number of benzene rings is 2. The van der Waals surface area contributed by atoms with Gasteiger partial charge in [-0.15, -0.1) is 10.2 Å². The average molecular weight is 391 g/mol. The van der Waals surface area contributed by atoms with E-state index in [0.717, 1.165) is 37.1 Å². The van der Waals surface area contributed by atoms with Crippen molar-refractivity contribution in [1.29, 1.82) is 0 Å². The number of hydrogen-bond acceptors (Lipinski definition) is 5. The van der Waals surface area contributed by atoms with E-state index in [-0.39, 0.29) is 12.1 Å². The predicted molar refractivity (Wildman–Crippen MR) is 111 cm³/mol. The smallest absolute Gasteiger partial charge is 0.319 e. The van der Waals surface area contributed by atoms with Gasteiger partial charge >= 0.3 is 6.03 Å². The highest BCUT2D eigenvalue weighted by molar-refractivity contribution is 5.89. The molecule has 3 aromatic rings. The van der Waals surface area contributed by atoms with Crippen molar-refractivity contribution in [2.24, 2.45) is 0 Å². The first-order chi connectivity index (χ1) is 14.3. The lowest BCUT2D eigenvalue weighted by Gasteiger charge is -2.34. The van der Waals surface area contributed by atoms with Crippen LogP contribution in [0.3, 0.4) is 0 Å². The van der Waals surface area contributed by atoms with Crippen LogP contribution in [0.15, 0.2) is 65.1 Å². The first-order valence-corrected chi connectivity index (χ1v) is 10.00. The lowest BCUT2D eigenvalue weighted by atomic mass is 10.0. The zero-order valence-electron chi connectivity index (χ0n) is 16.3. The number of nitrogens with one attached hydrogen (secondary N) is 2. The van der Waals surface area contributed by atoms with Gasteiger partial charge in [-0.25, -0.2) is 4.79 Å².